The molecule has 1 saturated heterocycles. The van der Waals surface area contributed by atoms with Crippen LogP contribution in [0.5, 0.6) is 0 Å². The van der Waals surface area contributed by atoms with Crippen molar-refractivity contribution in [1.82, 2.24) is 9.80 Å². The molecule has 1 aliphatic heterocycles. The number of ether oxygens (including phenoxy) is 1. The second-order valence-electron chi connectivity index (χ2n) is 7.58. The average molecular weight is 435 g/mol. The van der Waals surface area contributed by atoms with Gasteiger partial charge in [-0.15, -0.1) is 0 Å². The Kier molecular flexibility index (Phi) is 6.51. The van der Waals surface area contributed by atoms with E-state index in [1.807, 2.05) is 41.3 Å². The van der Waals surface area contributed by atoms with Gasteiger partial charge in [0.1, 0.15) is 5.58 Å². The van der Waals surface area contributed by atoms with Crippen molar-refractivity contribution in [1.29, 1.82) is 0 Å². The quantitative estimate of drug-likeness (QED) is 0.618. The van der Waals surface area contributed by atoms with Gasteiger partial charge < -0.3 is 14.1 Å². The van der Waals surface area contributed by atoms with Crippen molar-refractivity contribution in [2.24, 2.45) is 0 Å². The lowest BCUT2D eigenvalue weighted by atomic mass is 10.1. The minimum absolute atomic E-state index is 0.0395. The summed E-state index contributed by atoms with van der Waals surface area (Å²) in [6.07, 6.45) is -0.562. The van der Waals surface area contributed by atoms with Crippen LogP contribution in [0.25, 0.3) is 11.0 Å². The summed E-state index contributed by atoms with van der Waals surface area (Å²) in [6.45, 7) is 5.23. The molecule has 32 heavy (non-hydrogen) atoms. The van der Waals surface area contributed by atoms with Gasteiger partial charge in [-0.25, -0.2) is 9.59 Å². The van der Waals surface area contributed by atoms with Crippen molar-refractivity contribution in [2.75, 3.05) is 38.1 Å². The summed E-state index contributed by atoms with van der Waals surface area (Å²) in [5.41, 5.74) is 1.99. The van der Waals surface area contributed by atoms with Crippen LogP contribution in [0, 0.1) is 0 Å². The second kappa shape index (κ2) is 9.65. The molecular formula is C24H25N3O5. The Bertz CT molecular complexity index is 1170. The number of hydrogen-bond acceptors (Lipinski definition) is 6. The minimum Gasteiger partial charge on any atom is -0.450 e. The highest BCUT2D eigenvalue weighted by molar-refractivity contribution is 5.94. The third kappa shape index (κ3) is 4.97. The third-order valence-electron chi connectivity index (χ3n) is 5.43. The number of nitrogens with zero attached hydrogens (tertiary/aromatic N) is 2. The van der Waals surface area contributed by atoms with E-state index in [4.69, 9.17) is 9.15 Å². The molecule has 0 bridgehead atoms. The molecule has 8 nitrogen and oxygen atoms in total. The fraction of sp³-hybridized carbons (Fsp3) is 0.292. The maximum absolute atomic E-state index is 12.6. The van der Waals surface area contributed by atoms with Crippen molar-refractivity contribution in [2.45, 2.75) is 13.5 Å². The van der Waals surface area contributed by atoms with Gasteiger partial charge >= 0.3 is 11.7 Å². The lowest BCUT2D eigenvalue weighted by Crippen LogP contribution is -2.48. The van der Waals surface area contributed by atoms with Crippen LogP contribution in [0.1, 0.15) is 22.8 Å². The predicted molar refractivity (Wildman–Crippen MR) is 121 cm³/mol. The molecule has 0 aliphatic carbocycles. The number of fused-ring (bicyclic) bond motifs is 1. The van der Waals surface area contributed by atoms with Crippen LogP contribution in [-0.4, -0.2) is 54.6 Å². The van der Waals surface area contributed by atoms with Crippen LogP contribution in [0.15, 0.2) is 63.8 Å². The molecule has 2 amide bonds. The summed E-state index contributed by atoms with van der Waals surface area (Å²) in [4.78, 5) is 40.5. The van der Waals surface area contributed by atoms with E-state index in [1.54, 1.807) is 19.1 Å². The molecule has 3 aromatic rings. The smallest absolute Gasteiger partial charge is 0.411 e. The molecule has 1 aromatic heterocycles. The van der Waals surface area contributed by atoms with Crippen LogP contribution >= 0.6 is 0 Å². The molecule has 1 aliphatic rings. The van der Waals surface area contributed by atoms with E-state index < -0.39 is 11.7 Å². The fourth-order valence-electron chi connectivity index (χ4n) is 3.84. The van der Waals surface area contributed by atoms with E-state index in [-0.39, 0.29) is 12.5 Å². The number of benzene rings is 2. The Morgan fingerprint density at radius 1 is 1.03 bits per heavy atom. The normalized spacial score (nSPS) is 14.3. The zero-order valence-electron chi connectivity index (χ0n) is 17.9. The van der Waals surface area contributed by atoms with Crippen LogP contribution in [0.2, 0.25) is 0 Å². The summed E-state index contributed by atoms with van der Waals surface area (Å²) in [6, 6.07) is 16.0. The molecule has 1 fully saturated rings. The van der Waals surface area contributed by atoms with Crippen LogP contribution in [0.3, 0.4) is 0 Å². The number of rotatable bonds is 5. The summed E-state index contributed by atoms with van der Waals surface area (Å²) >= 11 is 0. The Hall–Kier alpha value is -3.65. The second-order valence-corrected chi connectivity index (χ2v) is 7.58. The van der Waals surface area contributed by atoms with Gasteiger partial charge in [0.15, 0.2) is 0 Å². The number of amides is 2. The van der Waals surface area contributed by atoms with E-state index in [2.05, 4.69) is 10.2 Å². The van der Waals surface area contributed by atoms with Gasteiger partial charge in [-0.3, -0.25) is 15.0 Å². The summed E-state index contributed by atoms with van der Waals surface area (Å²) in [7, 11) is 0. The third-order valence-corrected chi connectivity index (χ3v) is 5.43. The van der Waals surface area contributed by atoms with E-state index in [9.17, 15) is 14.4 Å². The number of piperazine rings is 1. The molecule has 8 heteroatoms. The molecule has 166 valence electrons. The largest absolute Gasteiger partial charge is 0.450 e. The van der Waals surface area contributed by atoms with Crippen molar-refractivity contribution < 1.29 is 18.7 Å². The molecule has 0 spiro atoms. The zero-order chi connectivity index (χ0) is 22.5. The zero-order valence-corrected chi connectivity index (χ0v) is 17.9. The van der Waals surface area contributed by atoms with Gasteiger partial charge in [0.2, 0.25) is 0 Å². The number of carbonyl (C=O) groups excluding carboxylic acids is 2. The van der Waals surface area contributed by atoms with Crippen molar-refractivity contribution in [3.8, 4) is 0 Å². The van der Waals surface area contributed by atoms with Crippen LogP contribution in [0.4, 0.5) is 10.5 Å². The molecule has 0 unspecified atom stereocenters. The molecule has 2 aromatic carbocycles. The van der Waals surface area contributed by atoms with Gasteiger partial charge in [0.25, 0.3) is 5.91 Å². The fourth-order valence-corrected chi connectivity index (χ4v) is 3.84. The predicted octanol–water partition coefficient (Wildman–Crippen LogP) is 3.32. The van der Waals surface area contributed by atoms with Crippen molar-refractivity contribution >= 4 is 28.7 Å². The lowest BCUT2D eigenvalue weighted by Gasteiger charge is -2.35. The average Bonchev–Trinajstić information content (AvgIpc) is 2.79. The number of hydrogen-bond donors (Lipinski definition) is 1. The molecule has 0 radical (unpaired) electrons. The van der Waals surface area contributed by atoms with E-state index in [0.29, 0.717) is 49.6 Å². The Morgan fingerprint density at radius 3 is 2.50 bits per heavy atom. The molecular weight excluding hydrogens is 410 g/mol. The SMILES string of the molecule is CCOC(=O)Nc1ccc2c(CN3CCN(C(=O)c4ccccc4)CC3)cc(=O)oc2c1. The molecule has 0 saturated carbocycles. The Labute approximate surface area is 185 Å². The van der Waals surface area contributed by atoms with Gasteiger partial charge in [-0.2, -0.15) is 0 Å². The highest BCUT2D eigenvalue weighted by atomic mass is 16.5. The van der Waals surface area contributed by atoms with Gasteiger partial charge in [0.05, 0.1) is 6.61 Å². The first-order valence-corrected chi connectivity index (χ1v) is 10.6. The monoisotopic (exact) mass is 435 g/mol. The maximum atomic E-state index is 12.6. The van der Waals surface area contributed by atoms with Crippen molar-refractivity contribution in [3.05, 3.63) is 76.1 Å². The first-order valence-electron chi connectivity index (χ1n) is 10.6. The van der Waals surface area contributed by atoms with Gasteiger partial charge in [0, 0.05) is 61.5 Å². The Balaban J connectivity index is 1.44. The van der Waals surface area contributed by atoms with Gasteiger partial charge in [-0.05, 0) is 36.8 Å². The molecule has 2 heterocycles. The van der Waals surface area contributed by atoms with Crippen LogP contribution < -0.4 is 10.9 Å². The summed E-state index contributed by atoms with van der Waals surface area (Å²) in [5.74, 6) is 0.0395. The molecule has 0 atom stereocenters. The van der Waals surface area contributed by atoms with E-state index in [0.717, 1.165) is 10.9 Å². The lowest BCUT2D eigenvalue weighted by molar-refractivity contribution is 0.0629. The maximum Gasteiger partial charge on any atom is 0.411 e. The number of nitrogens with one attached hydrogen (secondary N) is 1. The standard InChI is InChI=1S/C24H25N3O5/c1-2-31-24(30)25-19-8-9-20-18(14-22(28)32-21(20)15-19)16-26-10-12-27(13-11-26)23(29)17-6-4-3-5-7-17/h3-9,14-15H,2,10-13,16H2,1H3,(H,25,30). The van der Waals surface area contributed by atoms with Gasteiger partial charge in [-0.1, -0.05) is 18.2 Å². The highest BCUT2D eigenvalue weighted by Gasteiger charge is 2.22. The Morgan fingerprint density at radius 2 is 1.78 bits per heavy atom. The van der Waals surface area contributed by atoms with E-state index >= 15 is 0 Å². The topological polar surface area (TPSA) is 92.1 Å². The van der Waals surface area contributed by atoms with Crippen molar-refractivity contribution in [3.63, 3.8) is 0 Å². The number of anilines is 1. The first-order chi connectivity index (χ1) is 15.5. The summed E-state index contributed by atoms with van der Waals surface area (Å²) in [5, 5.41) is 3.42. The molecule has 4 rings (SSSR count). The van der Waals surface area contributed by atoms with Crippen LogP contribution in [-0.2, 0) is 11.3 Å². The first kappa shape index (κ1) is 21.6. The highest BCUT2D eigenvalue weighted by Crippen LogP contribution is 2.23. The molecule has 1 N–H and O–H groups in total. The minimum atomic E-state index is -0.562. The summed E-state index contributed by atoms with van der Waals surface area (Å²) < 4.78 is 10.2. The number of carbonyl (C=O) groups is 2. The van der Waals surface area contributed by atoms with E-state index in [1.165, 1.54) is 6.07 Å².